The van der Waals surface area contributed by atoms with Crippen LogP contribution in [0.25, 0.3) is 0 Å². The van der Waals surface area contributed by atoms with Crippen molar-refractivity contribution in [2.75, 3.05) is 20.2 Å². The molecule has 0 radical (unpaired) electrons. The van der Waals surface area contributed by atoms with Gasteiger partial charge in [0.2, 0.25) is 0 Å². The molecule has 0 heterocycles. The molecule has 0 atom stereocenters. The number of ether oxygens (including phenoxy) is 1. The smallest absolute Gasteiger partial charge is 0.315 e. The normalized spacial score (nSPS) is 10.8. The molecular formula is C20H38N2O3. The summed E-state index contributed by atoms with van der Waals surface area (Å²) < 4.78 is 4.63. The molecule has 0 spiro atoms. The zero-order chi connectivity index (χ0) is 18.6. The number of esters is 1. The molecule has 0 bridgehead atoms. The lowest BCUT2D eigenvalue weighted by Crippen LogP contribution is -2.35. The van der Waals surface area contributed by atoms with Gasteiger partial charge in [0.15, 0.2) is 0 Å². The molecule has 146 valence electrons. The van der Waals surface area contributed by atoms with Crippen molar-refractivity contribution in [2.24, 2.45) is 0 Å². The molecule has 2 N–H and O–H groups in total. The van der Waals surface area contributed by atoms with Gasteiger partial charge in [-0.15, -0.1) is 0 Å². The van der Waals surface area contributed by atoms with E-state index in [0.717, 1.165) is 19.3 Å². The number of unbranched alkanes of at least 4 members (excludes halogenated alkanes) is 10. The number of nitrogens with one attached hydrogen (secondary N) is 2. The molecule has 5 nitrogen and oxygen atoms in total. The van der Waals surface area contributed by atoms with E-state index in [2.05, 4.69) is 21.4 Å². The highest BCUT2D eigenvalue weighted by Gasteiger charge is 1.99. The van der Waals surface area contributed by atoms with Crippen LogP contribution in [-0.2, 0) is 9.53 Å². The van der Waals surface area contributed by atoms with Crippen molar-refractivity contribution < 1.29 is 14.3 Å². The summed E-state index contributed by atoms with van der Waals surface area (Å²) in [5, 5.41) is 5.48. The van der Waals surface area contributed by atoms with Gasteiger partial charge in [0.1, 0.15) is 0 Å². The van der Waals surface area contributed by atoms with Gasteiger partial charge in [-0.1, -0.05) is 63.5 Å². The minimum atomic E-state index is -0.101. The first kappa shape index (κ1) is 23.5. The van der Waals surface area contributed by atoms with Crippen LogP contribution in [0.1, 0.15) is 84.0 Å². The van der Waals surface area contributed by atoms with Gasteiger partial charge < -0.3 is 15.4 Å². The summed E-state index contributed by atoms with van der Waals surface area (Å²) in [6, 6.07) is -0.101. The summed E-state index contributed by atoms with van der Waals surface area (Å²) in [6.07, 6.45) is 18.2. The third-order valence-corrected chi connectivity index (χ3v) is 4.11. The highest BCUT2D eigenvalue weighted by atomic mass is 16.5. The van der Waals surface area contributed by atoms with E-state index in [-0.39, 0.29) is 12.0 Å². The second-order valence-corrected chi connectivity index (χ2v) is 6.36. The molecule has 25 heavy (non-hydrogen) atoms. The molecule has 0 rings (SSSR count). The van der Waals surface area contributed by atoms with Crippen molar-refractivity contribution in [1.29, 1.82) is 0 Å². The standard InChI is InChI=1S/C20H38N2O3/c1-3-21-20(24)22-18-16-14-12-10-8-6-4-5-7-9-11-13-15-17-19(23)25-2/h14,16H,3-13,15,17-18H2,1-2H3,(H2,21,22,24). The Morgan fingerprint density at radius 2 is 1.36 bits per heavy atom. The Labute approximate surface area is 154 Å². The zero-order valence-electron chi connectivity index (χ0n) is 16.3. The number of carbonyl (C=O) groups excluding carboxylic acids is 2. The van der Waals surface area contributed by atoms with Crippen LogP contribution in [0.2, 0.25) is 0 Å². The second kappa shape index (κ2) is 18.8. The molecule has 0 aliphatic heterocycles. The van der Waals surface area contributed by atoms with Gasteiger partial charge in [0, 0.05) is 19.5 Å². The summed E-state index contributed by atoms with van der Waals surface area (Å²) in [5.41, 5.74) is 0. The SMILES string of the molecule is CCNC(=O)NCC=CCCCCCCCCCCCCC(=O)OC. The minimum absolute atomic E-state index is 0.0897. The number of amides is 2. The number of urea groups is 1. The van der Waals surface area contributed by atoms with Gasteiger partial charge in [0.05, 0.1) is 7.11 Å². The molecule has 0 saturated carbocycles. The molecule has 0 saturated heterocycles. The molecule has 2 amide bonds. The van der Waals surface area contributed by atoms with E-state index in [4.69, 9.17) is 0 Å². The van der Waals surface area contributed by atoms with Gasteiger partial charge in [-0.3, -0.25) is 4.79 Å². The summed E-state index contributed by atoms with van der Waals surface area (Å²) in [5.74, 6) is -0.0897. The molecule has 0 fully saturated rings. The highest BCUT2D eigenvalue weighted by molar-refractivity contribution is 5.73. The van der Waals surface area contributed by atoms with Crippen molar-refractivity contribution in [3.8, 4) is 0 Å². The first-order valence-corrected chi connectivity index (χ1v) is 9.94. The zero-order valence-corrected chi connectivity index (χ0v) is 16.3. The van der Waals surface area contributed by atoms with E-state index in [9.17, 15) is 9.59 Å². The Balaban J connectivity index is 3.16. The summed E-state index contributed by atoms with van der Waals surface area (Å²) in [6.45, 7) is 3.17. The molecule has 0 aliphatic carbocycles. The Morgan fingerprint density at radius 1 is 0.800 bits per heavy atom. The topological polar surface area (TPSA) is 67.4 Å². The number of hydrogen-bond acceptors (Lipinski definition) is 3. The third kappa shape index (κ3) is 18.7. The van der Waals surface area contributed by atoms with Crippen LogP contribution in [0, 0.1) is 0 Å². The maximum Gasteiger partial charge on any atom is 0.315 e. The number of carbonyl (C=O) groups is 2. The lowest BCUT2D eigenvalue weighted by atomic mass is 10.1. The van der Waals surface area contributed by atoms with Crippen molar-refractivity contribution in [3.05, 3.63) is 12.2 Å². The first-order chi connectivity index (χ1) is 12.2. The van der Waals surface area contributed by atoms with Gasteiger partial charge >= 0.3 is 12.0 Å². The van der Waals surface area contributed by atoms with Crippen molar-refractivity contribution in [2.45, 2.75) is 84.0 Å². The van der Waals surface area contributed by atoms with E-state index in [1.807, 2.05) is 13.0 Å². The van der Waals surface area contributed by atoms with E-state index in [1.54, 1.807) is 0 Å². The largest absolute Gasteiger partial charge is 0.469 e. The van der Waals surface area contributed by atoms with Crippen molar-refractivity contribution in [3.63, 3.8) is 0 Å². The fourth-order valence-electron chi connectivity index (χ4n) is 2.62. The van der Waals surface area contributed by atoms with Gasteiger partial charge in [-0.2, -0.15) is 0 Å². The lowest BCUT2D eigenvalue weighted by Gasteiger charge is -2.03. The monoisotopic (exact) mass is 354 g/mol. The number of rotatable bonds is 16. The Morgan fingerprint density at radius 3 is 1.92 bits per heavy atom. The van der Waals surface area contributed by atoms with Crippen molar-refractivity contribution in [1.82, 2.24) is 10.6 Å². The lowest BCUT2D eigenvalue weighted by molar-refractivity contribution is -0.140. The first-order valence-electron chi connectivity index (χ1n) is 9.94. The molecule has 0 aromatic carbocycles. The molecule has 0 aromatic heterocycles. The number of allylic oxidation sites excluding steroid dienone is 1. The van der Waals surface area contributed by atoms with Crippen LogP contribution in [0.5, 0.6) is 0 Å². The van der Waals surface area contributed by atoms with Gasteiger partial charge in [-0.25, -0.2) is 4.79 Å². The second-order valence-electron chi connectivity index (χ2n) is 6.36. The van der Waals surface area contributed by atoms with E-state index in [0.29, 0.717) is 19.5 Å². The maximum atomic E-state index is 11.1. The molecule has 0 unspecified atom stereocenters. The predicted molar refractivity (Wildman–Crippen MR) is 104 cm³/mol. The quantitative estimate of drug-likeness (QED) is 0.239. The highest BCUT2D eigenvalue weighted by Crippen LogP contribution is 2.12. The Kier molecular flexibility index (Phi) is 17.7. The van der Waals surface area contributed by atoms with Crippen LogP contribution in [0.4, 0.5) is 4.79 Å². The van der Waals surface area contributed by atoms with Crippen LogP contribution in [-0.4, -0.2) is 32.2 Å². The summed E-state index contributed by atoms with van der Waals surface area (Å²) >= 11 is 0. The van der Waals surface area contributed by atoms with Gasteiger partial charge in [0.25, 0.3) is 0 Å². The summed E-state index contributed by atoms with van der Waals surface area (Å²) in [4.78, 5) is 22.1. The molecule has 5 heteroatoms. The van der Waals surface area contributed by atoms with Gasteiger partial charge in [-0.05, 0) is 26.2 Å². The van der Waals surface area contributed by atoms with Crippen LogP contribution in [0.3, 0.4) is 0 Å². The number of hydrogen-bond donors (Lipinski definition) is 2. The Hall–Kier alpha value is -1.52. The van der Waals surface area contributed by atoms with E-state index in [1.165, 1.54) is 58.5 Å². The fraction of sp³-hybridized carbons (Fsp3) is 0.800. The van der Waals surface area contributed by atoms with E-state index < -0.39 is 0 Å². The van der Waals surface area contributed by atoms with Crippen LogP contribution < -0.4 is 10.6 Å². The number of methoxy groups -OCH3 is 1. The summed E-state index contributed by atoms with van der Waals surface area (Å²) in [7, 11) is 1.45. The molecule has 0 aromatic rings. The Bertz CT molecular complexity index is 357. The third-order valence-electron chi connectivity index (χ3n) is 4.11. The fourth-order valence-corrected chi connectivity index (χ4v) is 2.62. The van der Waals surface area contributed by atoms with Crippen molar-refractivity contribution >= 4 is 12.0 Å². The van der Waals surface area contributed by atoms with E-state index >= 15 is 0 Å². The molecule has 0 aliphatic rings. The average Bonchev–Trinajstić information content (AvgIpc) is 2.61. The average molecular weight is 355 g/mol. The predicted octanol–water partition coefficient (Wildman–Crippen LogP) is 4.72. The minimum Gasteiger partial charge on any atom is -0.469 e. The van der Waals surface area contributed by atoms with Crippen LogP contribution >= 0.6 is 0 Å². The molecular weight excluding hydrogens is 316 g/mol. The van der Waals surface area contributed by atoms with Crippen LogP contribution in [0.15, 0.2) is 12.2 Å². The maximum absolute atomic E-state index is 11.1.